The first kappa shape index (κ1) is 11.9. The maximum absolute atomic E-state index is 9.63. The molecule has 5 heteroatoms. The van der Waals surface area contributed by atoms with E-state index in [1.54, 1.807) is 24.9 Å². The number of hydrogen-bond donors (Lipinski definition) is 1. The number of hydrogen-bond acceptors (Lipinski definition) is 4. The van der Waals surface area contributed by atoms with Crippen molar-refractivity contribution >= 4 is 35.8 Å². The molecule has 0 aromatic carbocycles. The normalized spacial score (nSPS) is 12.4. The average Bonchev–Trinajstić information content (AvgIpc) is 2.46. The summed E-state index contributed by atoms with van der Waals surface area (Å²) in [6.45, 7) is 0. The van der Waals surface area contributed by atoms with Crippen LogP contribution in [-0.4, -0.2) is 22.9 Å². The van der Waals surface area contributed by atoms with Crippen LogP contribution in [0.15, 0.2) is 23.2 Å². The molecule has 1 aromatic rings. The third kappa shape index (κ3) is 3.14. The Kier molecular flexibility index (Phi) is 4.45. The standard InChI is InChI=1S/C10H12N2OS2/c1-11-7-5-3-4-6-8-9(13)12(2)10(14)15-8/h3-7,13H,1-2H3. The van der Waals surface area contributed by atoms with Gasteiger partial charge in [-0.25, -0.2) is 0 Å². The molecule has 0 bridgehead atoms. The van der Waals surface area contributed by atoms with E-state index in [1.165, 1.54) is 11.3 Å². The zero-order chi connectivity index (χ0) is 11.3. The number of rotatable bonds is 3. The van der Waals surface area contributed by atoms with Crippen molar-refractivity contribution in [2.45, 2.75) is 0 Å². The number of allylic oxidation sites excluding steroid dienone is 3. The largest absolute Gasteiger partial charge is 0.493 e. The zero-order valence-electron chi connectivity index (χ0n) is 8.54. The summed E-state index contributed by atoms with van der Waals surface area (Å²) in [6, 6.07) is 0. The van der Waals surface area contributed by atoms with Crippen LogP contribution in [0, 0.1) is 3.95 Å². The summed E-state index contributed by atoms with van der Waals surface area (Å²) in [4.78, 5) is 4.57. The van der Waals surface area contributed by atoms with E-state index in [0.717, 1.165) is 4.88 Å². The molecule has 80 valence electrons. The van der Waals surface area contributed by atoms with Crippen LogP contribution in [-0.2, 0) is 7.05 Å². The van der Waals surface area contributed by atoms with Gasteiger partial charge in [0, 0.05) is 20.3 Å². The van der Waals surface area contributed by atoms with Crippen LogP contribution in [0.3, 0.4) is 0 Å². The Morgan fingerprint density at radius 2 is 2.13 bits per heavy atom. The Balaban J connectivity index is 2.81. The second kappa shape index (κ2) is 5.63. The Bertz CT molecular complexity index is 466. The van der Waals surface area contributed by atoms with Gasteiger partial charge in [-0.2, -0.15) is 0 Å². The van der Waals surface area contributed by atoms with Crippen molar-refractivity contribution in [1.29, 1.82) is 0 Å². The fraction of sp³-hybridized carbons (Fsp3) is 0.200. The van der Waals surface area contributed by atoms with E-state index in [-0.39, 0.29) is 5.88 Å². The molecule has 15 heavy (non-hydrogen) atoms. The van der Waals surface area contributed by atoms with E-state index in [0.29, 0.717) is 3.95 Å². The lowest BCUT2D eigenvalue weighted by Gasteiger charge is -1.92. The molecule has 0 fully saturated rings. The van der Waals surface area contributed by atoms with E-state index in [4.69, 9.17) is 12.2 Å². The fourth-order valence-corrected chi connectivity index (χ4v) is 2.05. The third-order valence-corrected chi connectivity index (χ3v) is 3.23. The van der Waals surface area contributed by atoms with Crippen molar-refractivity contribution in [1.82, 2.24) is 4.57 Å². The molecule has 1 N–H and O–H groups in total. The lowest BCUT2D eigenvalue weighted by Crippen LogP contribution is -1.84. The molecule has 0 spiro atoms. The van der Waals surface area contributed by atoms with Crippen LogP contribution in [0.25, 0.3) is 6.08 Å². The van der Waals surface area contributed by atoms with Crippen molar-refractivity contribution in [3.63, 3.8) is 0 Å². The molecule has 0 saturated heterocycles. The summed E-state index contributed by atoms with van der Waals surface area (Å²) < 4.78 is 2.24. The highest BCUT2D eigenvalue weighted by Gasteiger charge is 2.04. The van der Waals surface area contributed by atoms with Crippen molar-refractivity contribution in [2.75, 3.05) is 7.05 Å². The highest BCUT2D eigenvalue weighted by atomic mass is 32.1. The number of thiazole rings is 1. The number of nitrogens with zero attached hydrogens (tertiary/aromatic N) is 2. The summed E-state index contributed by atoms with van der Waals surface area (Å²) in [6.07, 6.45) is 9.00. The monoisotopic (exact) mass is 240 g/mol. The minimum Gasteiger partial charge on any atom is -0.493 e. The molecule has 0 aliphatic heterocycles. The molecule has 0 aliphatic rings. The van der Waals surface area contributed by atoms with E-state index >= 15 is 0 Å². The summed E-state index contributed by atoms with van der Waals surface area (Å²) in [5.74, 6) is 0.207. The summed E-state index contributed by atoms with van der Waals surface area (Å²) in [5, 5.41) is 9.63. The van der Waals surface area contributed by atoms with Crippen molar-refractivity contribution in [3.05, 3.63) is 27.1 Å². The van der Waals surface area contributed by atoms with E-state index in [2.05, 4.69) is 4.99 Å². The molecule has 3 nitrogen and oxygen atoms in total. The van der Waals surface area contributed by atoms with Crippen LogP contribution in [0.1, 0.15) is 4.88 Å². The van der Waals surface area contributed by atoms with Crippen LogP contribution in [0.2, 0.25) is 0 Å². The van der Waals surface area contributed by atoms with Crippen LogP contribution >= 0.6 is 23.6 Å². The van der Waals surface area contributed by atoms with E-state index in [9.17, 15) is 5.11 Å². The summed E-state index contributed by atoms with van der Waals surface area (Å²) in [5.41, 5.74) is 0. The number of aromatic hydroxyl groups is 1. The minimum absolute atomic E-state index is 0.207. The van der Waals surface area contributed by atoms with Gasteiger partial charge in [-0.1, -0.05) is 12.2 Å². The van der Waals surface area contributed by atoms with Crippen molar-refractivity contribution in [3.8, 4) is 5.88 Å². The maximum Gasteiger partial charge on any atom is 0.210 e. The molecular formula is C10H12N2OS2. The van der Waals surface area contributed by atoms with Gasteiger partial charge in [0.25, 0.3) is 0 Å². The lowest BCUT2D eigenvalue weighted by atomic mass is 10.4. The molecule has 0 atom stereocenters. The van der Waals surface area contributed by atoms with Crippen molar-refractivity contribution < 1.29 is 5.11 Å². The topological polar surface area (TPSA) is 37.5 Å². The Labute approximate surface area is 97.7 Å². The number of aromatic nitrogens is 1. The van der Waals surface area contributed by atoms with Gasteiger partial charge in [0.05, 0.1) is 4.88 Å². The van der Waals surface area contributed by atoms with Crippen molar-refractivity contribution in [2.24, 2.45) is 12.0 Å². The highest BCUT2D eigenvalue weighted by molar-refractivity contribution is 7.73. The van der Waals surface area contributed by atoms with Gasteiger partial charge in [-0.15, -0.1) is 11.3 Å². The number of aliphatic imine (C=N–C) groups is 1. The molecule has 1 rings (SSSR count). The second-order valence-electron chi connectivity index (χ2n) is 2.77. The van der Waals surface area contributed by atoms with Gasteiger partial charge in [0.2, 0.25) is 5.88 Å². The predicted molar refractivity (Wildman–Crippen MR) is 68.4 cm³/mol. The van der Waals surface area contributed by atoms with Gasteiger partial charge < -0.3 is 5.11 Å². The summed E-state index contributed by atoms with van der Waals surface area (Å²) in [7, 11) is 3.45. The smallest absolute Gasteiger partial charge is 0.210 e. The molecule has 0 radical (unpaired) electrons. The van der Waals surface area contributed by atoms with E-state index < -0.39 is 0 Å². The Morgan fingerprint density at radius 1 is 1.40 bits per heavy atom. The molecule has 0 unspecified atom stereocenters. The maximum atomic E-state index is 9.63. The van der Waals surface area contributed by atoms with Crippen LogP contribution in [0.4, 0.5) is 0 Å². The van der Waals surface area contributed by atoms with Gasteiger partial charge in [0.1, 0.15) is 0 Å². The predicted octanol–water partition coefficient (Wildman–Crippen LogP) is 2.79. The Hall–Kier alpha value is -1.20. The molecule has 0 aliphatic carbocycles. The van der Waals surface area contributed by atoms with E-state index in [1.807, 2.05) is 24.3 Å². The third-order valence-electron chi connectivity index (χ3n) is 1.71. The van der Waals surface area contributed by atoms with Gasteiger partial charge in [-0.05, 0) is 24.4 Å². The van der Waals surface area contributed by atoms with Gasteiger partial charge in [-0.3, -0.25) is 9.56 Å². The summed E-state index contributed by atoms with van der Waals surface area (Å²) >= 11 is 6.41. The molecule has 1 heterocycles. The minimum atomic E-state index is 0.207. The zero-order valence-corrected chi connectivity index (χ0v) is 10.2. The first-order valence-corrected chi connectivity index (χ1v) is 5.53. The van der Waals surface area contributed by atoms with Crippen LogP contribution in [0.5, 0.6) is 5.88 Å². The van der Waals surface area contributed by atoms with Gasteiger partial charge in [0.15, 0.2) is 3.95 Å². The lowest BCUT2D eigenvalue weighted by molar-refractivity contribution is 0.430. The Morgan fingerprint density at radius 3 is 2.67 bits per heavy atom. The molecule has 0 saturated carbocycles. The second-order valence-corrected chi connectivity index (χ2v) is 4.44. The molecule has 1 aromatic heterocycles. The fourth-order valence-electron chi connectivity index (χ4n) is 0.911. The molecule has 0 amide bonds. The van der Waals surface area contributed by atoms with Gasteiger partial charge >= 0.3 is 0 Å². The first-order chi connectivity index (χ1) is 7.16. The SMILES string of the molecule is CN=CC=CC=Cc1sc(=S)n(C)c1O. The quantitative estimate of drug-likeness (QED) is 0.501. The molecular weight excluding hydrogens is 228 g/mol. The highest BCUT2D eigenvalue weighted by Crippen LogP contribution is 2.25. The average molecular weight is 240 g/mol. The van der Waals surface area contributed by atoms with Crippen LogP contribution < -0.4 is 0 Å². The first-order valence-electron chi connectivity index (χ1n) is 4.31.